The van der Waals surface area contributed by atoms with Crippen molar-refractivity contribution < 1.29 is 14.3 Å². The third-order valence-electron chi connectivity index (χ3n) is 3.67. The summed E-state index contributed by atoms with van der Waals surface area (Å²) >= 11 is 0. The minimum Gasteiger partial charge on any atom is -0.392 e. The molecule has 0 aliphatic rings. The molecule has 2 heterocycles. The second kappa shape index (κ2) is 6.82. The second-order valence-corrected chi connectivity index (χ2v) is 5.65. The number of nitrogens with zero attached hydrogens (tertiary/aromatic N) is 2. The number of benzene rings is 1. The summed E-state index contributed by atoms with van der Waals surface area (Å²) in [4.78, 5) is 29.2. The van der Waals surface area contributed by atoms with Crippen molar-refractivity contribution in [2.24, 2.45) is 0 Å². The number of aromatic nitrogens is 2. The monoisotopic (exact) mass is 341 g/mol. The lowest BCUT2D eigenvalue weighted by Gasteiger charge is -2.13. The quantitative estimate of drug-likeness (QED) is 0.755. The van der Waals surface area contributed by atoms with Gasteiger partial charge in [0.25, 0.3) is 5.91 Å². The van der Waals surface area contributed by atoms with E-state index in [1.165, 1.54) is 43.6 Å². The fourth-order valence-corrected chi connectivity index (χ4v) is 2.46. The first-order valence-electron chi connectivity index (χ1n) is 7.70. The number of carbonyl (C=O) groups is 1. The fraction of sp³-hybridized carbons (Fsp3) is 0.167. The molecule has 0 unspecified atom stereocenters. The first kappa shape index (κ1) is 16.8. The molecule has 0 bridgehead atoms. The first-order chi connectivity index (χ1) is 12.0. The van der Waals surface area contributed by atoms with Crippen LogP contribution in [-0.2, 0) is 0 Å². The number of carbonyl (C=O) groups excluding carboxylic acids is 1. The summed E-state index contributed by atoms with van der Waals surface area (Å²) in [7, 11) is 0. The molecule has 3 aromatic rings. The summed E-state index contributed by atoms with van der Waals surface area (Å²) in [5.41, 5.74) is 0.399. The van der Waals surface area contributed by atoms with E-state index in [-0.39, 0.29) is 17.5 Å². The molecular weight excluding hydrogens is 325 g/mol. The number of fused-ring (bicyclic) bond motifs is 1. The zero-order chi connectivity index (χ0) is 18.0. The lowest BCUT2D eigenvalue weighted by Crippen LogP contribution is -2.34. The fourth-order valence-electron chi connectivity index (χ4n) is 2.46. The van der Waals surface area contributed by atoms with Crippen LogP contribution in [0.15, 0.2) is 53.6 Å². The van der Waals surface area contributed by atoms with Gasteiger partial charge >= 0.3 is 0 Å². The van der Waals surface area contributed by atoms with Gasteiger partial charge in [-0.3, -0.25) is 9.59 Å². The Labute approximate surface area is 142 Å². The SMILES string of the molecule is C[C@H](O)CNC(=O)c1cn(-c2ccc(F)cc2)c2ncccc2c1=O. The zero-order valence-corrected chi connectivity index (χ0v) is 13.4. The van der Waals surface area contributed by atoms with Gasteiger partial charge < -0.3 is 15.0 Å². The van der Waals surface area contributed by atoms with Gasteiger partial charge in [0.1, 0.15) is 17.0 Å². The Morgan fingerprint density at radius 3 is 2.72 bits per heavy atom. The lowest BCUT2D eigenvalue weighted by molar-refractivity contribution is 0.0922. The predicted molar refractivity (Wildman–Crippen MR) is 91.3 cm³/mol. The van der Waals surface area contributed by atoms with Crippen molar-refractivity contribution >= 4 is 16.9 Å². The highest BCUT2D eigenvalue weighted by Gasteiger charge is 2.17. The maximum Gasteiger partial charge on any atom is 0.256 e. The normalized spacial score (nSPS) is 12.1. The molecule has 7 heteroatoms. The van der Waals surface area contributed by atoms with Crippen LogP contribution in [0.1, 0.15) is 17.3 Å². The molecule has 0 aliphatic carbocycles. The highest BCUT2D eigenvalue weighted by Crippen LogP contribution is 2.16. The number of aliphatic hydroxyl groups excluding tert-OH is 1. The Morgan fingerprint density at radius 2 is 2.04 bits per heavy atom. The summed E-state index contributed by atoms with van der Waals surface area (Å²) in [5.74, 6) is -0.982. The molecule has 0 saturated carbocycles. The van der Waals surface area contributed by atoms with Crippen LogP contribution in [0.25, 0.3) is 16.7 Å². The van der Waals surface area contributed by atoms with Crippen LogP contribution in [-0.4, -0.2) is 33.2 Å². The summed E-state index contributed by atoms with van der Waals surface area (Å²) in [5, 5.41) is 12.1. The Balaban J connectivity index is 2.19. The van der Waals surface area contributed by atoms with E-state index >= 15 is 0 Å². The third-order valence-corrected chi connectivity index (χ3v) is 3.67. The van der Waals surface area contributed by atoms with Crippen molar-refractivity contribution in [1.29, 1.82) is 0 Å². The van der Waals surface area contributed by atoms with Crippen LogP contribution in [0.3, 0.4) is 0 Å². The molecule has 0 fully saturated rings. The number of nitrogens with one attached hydrogen (secondary N) is 1. The smallest absolute Gasteiger partial charge is 0.256 e. The van der Waals surface area contributed by atoms with E-state index < -0.39 is 23.3 Å². The molecule has 0 spiro atoms. The average Bonchev–Trinajstić information content (AvgIpc) is 2.61. The molecule has 6 nitrogen and oxygen atoms in total. The van der Waals surface area contributed by atoms with Gasteiger partial charge in [0, 0.05) is 24.6 Å². The molecule has 1 atom stereocenters. The van der Waals surface area contributed by atoms with E-state index in [1.807, 2.05) is 0 Å². The average molecular weight is 341 g/mol. The Bertz CT molecular complexity index is 981. The number of hydrogen-bond donors (Lipinski definition) is 2. The van der Waals surface area contributed by atoms with Gasteiger partial charge in [-0.1, -0.05) is 0 Å². The van der Waals surface area contributed by atoms with Gasteiger partial charge in [0.2, 0.25) is 5.43 Å². The largest absolute Gasteiger partial charge is 0.392 e. The van der Waals surface area contributed by atoms with E-state index in [2.05, 4.69) is 10.3 Å². The van der Waals surface area contributed by atoms with Crippen molar-refractivity contribution in [3.05, 3.63) is 70.4 Å². The van der Waals surface area contributed by atoms with Crippen LogP contribution < -0.4 is 10.7 Å². The second-order valence-electron chi connectivity index (χ2n) is 5.65. The number of hydrogen-bond acceptors (Lipinski definition) is 4. The van der Waals surface area contributed by atoms with Crippen LogP contribution in [0.5, 0.6) is 0 Å². The summed E-state index contributed by atoms with van der Waals surface area (Å²) in [6.45, 7) is 1.56. The van der Waals surface area contributed by atoms with Crippen molar-refractivity contribution in [2.45, 2.75) is 13.0 Å². The van der Waals surface area contributed by atoms with Gasteiger partial charge in [-0.15, -0.1) is 0 Å². The molecule has 0 aliphatic heterocycles. The molecule has 2 aromatic heterocycles. The molecule has 3 rings (SSSR count). The highest BCUT2D eigenvalue weighted by atomic mass is 19.1. The minimum absolute atomic E-state index is 0.0277. The summed E-state index contributed by atoms with van der Waals surface area (Å²) in [6, 6.07) is 8.83. The molecular formula is C18H16FN3O3. The Morgan fingerprint density at radius 1 is 1.32 bits per heavy atom. The predicted octanol–water partition coefficient (Wildman–Crippen LogP) is 1.64. The van der Waals surface area contributed by atoms with E-state index in [0.29, 0.717) is 11.3 Å². The minimum atomic E-state index is -0.731. The topological polar surface area (TPSA) is 84.2 Å². The van der Waals surface area contributed by atoms with Crippen LogP contribution in [0.2, 0.25) is 0 Å². The van der Waals surface area contributed by atoms with Crippen molar-refractivity contribution in [1.82, 2.24) is 14.9 Å². The molecule has 1 amide bonds. The number of aliphatic hydroxyl groups is 1. The van der Waals surface area contributed by atoms with Gasteiger partial charge in [-0.2, -0.15) is 0 Å². The van der Waals surface area contributed by atoms with Crippen LogP contribution in [0, 0.1) is 5.82 Å². The van der Waals surface area contributed by atoms with Gasteiger partial charge in [-0.25, -0.2) is 9.37 Å². The molecule has 25 heavy (non-hydrogen) atoms. The Kier molecular flexibility index (Phi) is 4.58. The molecule has 0 saturated heterocycles. The summed E-state index contributed by atoms with van der Waals surface area (Å²) in [6.07, 6.45) is 2.18. The van der Waals surface area contributed by atoms with Crippen molar-refractivity contribution in [3.63, 3.8) is 0 Å². The first-order valence-corrected chi connectivity index (χ1v) is 7.70. The van der Waals surface area contributed by atoms with E-state index in [0.717, 1.165) is 0 Å². The number of pyridine rings is 2. The molecule has 0 radical (unpaired) electrons. The van der Waals surface area contributed by atoms with Crippen molar-refractivity contribution in [3.8, 4) is 5.69 Å². The van der Waals surface area contributed by atoms with Gasteiger partial charge in [-0.05, 0) is 43.3 Å². The van der Waals surface area contributed by atoms with Crippen LogP contribution >= 0.6 is 0 Å². The third kappa shape index (κ3) is 3.41. The lowest BCUT2D eigenvalue weighted by atomic mass is 10.1. The van der Waals surface area contributed by atoms with Crippen molar-refractivity contribution in [2.75, 3.05) is 6.54 Å². The number of halogens is 1. The van der Waals surface area contributed by atoms with E-state index in [1.54, 1.807) is 16.7 Å². The Hall–Kier alpha value is -3.06. The van der Waals surface area contributed by atoms with Gasteiger partial charge in [0.15, 0.2) is 0 Å². The standard InChI is InChI=1S/C18H16FN3O3/c1-11(23)9-21-18(25)15-10-22(13-6-4-12(19)5-7-13)17-14(16(15)24)3-2-8-20-17/h2-8,10-11,23H,9H2,1H3,(H,21,25)/t11-/m0/s1. The van der Waals surface area contributed by atoms with E-state index in [9.17, 15) is 19.1 Å². The maximum atomic E-state index is 13.2. The van der Waals surface area contributed by atoms with Gasteiger partial charge in [0.05, 0.1) is 11.5 Å². The van der Waals surface area contributed by atoms with Crippen LogP contribution in [0.4, 0.5) is 4.39 Å². The molecule has 2 N–H and O–H groups in total. The molecule has 128 valence electrons. The molecule has 1 aromatic carbocycles. The number of amides is 1. The summed E-state index contributed by atoms with van der Waals surface area (Å²) < 4.78 is 14.8. The van der Waals surface area contributed by atoms with E-state index in [4.69, 9.17) is 0 Å². The zero-order valence-electron chi connectivity index (χ0n) is 13.4. The number of rotatable bonds is 4. The highest BCUT2D eigenvalue weighted by molar-refractivity contribution is 5.97. The maximum absolute atomic E-state index is 13.2.